The highest BCUT2D eigenvalue weighted by molar-refractivity contribution is 8.01. The van der Waals surface area contributed by atoms with Gasteiger partial charge in [0.15, 0.2) is 5.56 Å². The van der Waals surface area contributed by atoms with Crippen LogP contribution in [-0.2, 0) is 25.7 Å². The molecule has 0 saturated carbocycles. The van der Waals surface area contributed by atoms with Gasteiger partial charge in [0.05, 0.1) is 5.25 Å². The molecule has 29 heavy (non-hydrogen) atoms. The van der Waals surface area contributed by atoms with Crippen molar-refractivity contribution in [2.75, 3.05) is 6.61 Å². The lowest BCUT2D eigenvalue weighted by molar-refractivity contribution is -0.121. The van der Waals surface area contributed by atoms with Crippen LogP contribution in [0.25, 0.3) is 0 Å². The minimum absolute atomic E-state index is 0.000901. The van der Waals surface area contributed by atoms with Crippen LogP contribution in [0, 0.1) is 5.82 Å². The Morgan fingerprint density at radius 3 is 2.48 bits per heavy atom. The Morgan fingerprint density at radius 1 is 1.21 bits per heavy atom. The van der Waals surface area contributed by atoms with Crippen molar-refractivity contribution in [3.8, 4) is 5.75 Å². The molecule has 4 N–H and O–H groups in total. The highest BCUT2D eigenvalue weighted by Crippen LogP contribution is 2.27. The molecule has 1 aliphatic heterocycles. The third-order valence-corrected chi connectivity index (χ3v) is 5.69. The molecule has 1 fully saturated rings. The average Bonchev–Trinajstić information content (AvgIpc) is 2.96. The van der Waals surface area contributed by atoms with Crippen molar-refractivity contribution in [3.63, 3.8) is 0 Å². The summed E-state index contributed by atoms with van der Waals surface area (Å²) >= 11 is 1.13. The number of ether oxygens (including phenoxy) is 1. The van der Waals surface area contributed by atoms with E-state index in [2.05, 4.69) is 5.32 Å². The number of hydrogen-bond acceptors (Lipinski definition) is 7. The predicted molar refractivity (Wildman–Crippen MR) is 105 cm³/mol. The number of aliphatic hydroxyl groups excluding tert-OH is 1. The van der Waals surface area contributed by atoms with Gasteiger partial charge in [-0.15, -0.1) is 0 Å². The van der Waals surface area contributed by atoms with E-state index in [1.807, 2.05) is 0 Å². The number of benzene rings is 2. The number of carbonyl (C=O) groups excluding carboxylic acids is 1. The van der Waals surface area contributed by atoms with E-state index in [9.17, 15) is 22.7 Å². The van der Waals surface area contributed by atoms with Crippen molar-refractivity contribution < 1.29 is 31.6 Å². The molecule has 8 nitrogen and oxygen atoms in total. The van der Waals surface area contributed by atoms with E-state index in [-0.39, 0.29) is 23.3 Å². The normalized spacial score (nSPS) is 20.3. The maximum atomic E-state index is 14.0. The zero-order chi connectivity index (χ0) is 21.0. The number of amides is 1. The second kappa shape index (κ2) is 9.09. The highest BCUT2D eigenvalue weighted by atomic mass is 32.2. The van der Waals surface area contributed by atoms with Gasteiger partial charge in [0, 0.05) is 5.56 Å². The van der Waals surface area contributed by atoms with Crippen molar-refractivity contribution in [2.24, 2.45) is 5.14 Å². The van der Waals surface area contributed by atoms with Crippen LogP contribution in [0.5, 0.6) is 5.75 Å². The van der Waals surface area contributed by atoms with Gasteiger partial charge in [-0.1, -0.05) is 42.1 Å². The predicted octanol–water partition coefficient (Wildman–Crippen LogP) is 1.22. The largest absolute Gasteiger partial charge is 0.490 e. The Morgan fingerprint density at radius 2 is 1.90 bits per heavy atom. The summed E-state index contributed by atoms with van der Waals surface area (Å²) in [6.07, 6.45) is -0.828. The lowest BCUT2D eigenvalue weighted by Gasteiger charge is -2.18. The molecule has 0 spiro atoms. The van der Waals surface area contributed by atoms with Crippen LogP contribution >= 0.6 is 11.8 Å². The number of thioether (sulfide) groups is 1. The van der Waals surface area contributed by atoms with Crippen molar-refractivity contribution >= 4 is 28.0 Å². The number of aliphatic hydroxyl groups is 1. The van der Waals surface area contributed by atoms with Gasteiger partial charge >= 0.3 is 10.3 Å². The van der Waals surface area contributed by atoms with E-state index < -0.39 is 27.8 Å². The maximum absolute atomic E-state index is 14.0. The van der Waals surface area contributed by atoms with Gasteiger partial charge < -0.3 is 15.2 Å². The van der Waals surface area contributed by atoms with Gasteiger partial charge in [-0.3, -0.25) is 4.79 Å². The van der Waals surface area contributed by atoms with Crippen LogP contribution in [-0.4, -0.2) is 36.8 Å². The summed E-state index contributed by atoms with van der Waals surface area (Å²) in [7, 11) is -4.33. The maximum Gasteiger partial charge on any atom is 0.333 e. The van der Waals surface area contributed by atoms with Gasteiger partial charge in [0.25, 0.3) is 0 Å². The molecule has 1 aliphatic rings. The number of rotatable bonds is 8. The summed E-state index contributed by atoms with van der Waals surface area (Å²) in [6, 6.07) is 12.3. The van der Waals surface area contributed by atoms with E-state index in [0.717, 1.165) is 17.3 Å². The fourth-order valence-corrected chi connectivity index (χ4v) is 4.24. The molecule has 3 unspecified atom stereocenters. The molecule has 0 aliphatic carbocycles. The lowest BCUT2D eigenvalue weighted by atomic mass is 10.1. The summed E-state index contributed by atoms with van der Waals surface area (Å²) in [4.78, 5) is 11.7. The van der Waals surface area contributed by atoms with E-state index in [1.165, 1.54) is 18.2 Å². The van der Waals surface area contributed by atoms with Gasteiger partial charge in [-0.2, -0.15) is 8.42 Å². The minimum Gasteiger partial charge on any atom is -0.490 e. The molecule has 11 heteroatoms. The Kier molecular flexibility index (Phi) is 6.75. The third-order valence-electron chi connectivity index (χ3n) is 4.10. The third kappa shape index (κ3) is 6.15. The fraction of sp³-hybridized carbons (Fsp3) is 0.278. The molecule has 156 valence electrons. The van der Waals surface area contributed by atoms with E-state index >= 15 is 0 Å². The molecular weight excluding hydrogens is 423 g/mol. The Labute approximate surface area is 171 Å². The van der Waals surface area contributed by atoms with Gasteiger partial charge in [-0.05, 0) is 30.2 Å². The number of carbonyl (C=O) groups is 1. The topological polar surface area (TPSA) is 128 Å². The molecular formula is C18H19FN2O6S2. The van der Waals surface area contributed by atoms with Crippen LogP contribution in [0.4, 0.5) is 4.39 Å². The minimum atomic E-state index is -4.33. The van der Waals surface area contributed by atoms with E-state index in [4.69, 9.17) is 14.1 Å². The first-order chi connectivity index (χ1) is 13.7. The van der Waals surface area contributed by atoms with Gasteiger partial charge in [0.1, 0.15) is 24.3 Å². The average molecular weight is 442 g/mol. The van der Waals surface area contributed by atoms with Crippen molar-refractivity contribution in [1.29, 1.82) is 0 Å². The molecule has 0 bridgehead atoms. The standard InChI is InChI=1S/C18H19FN2O6S2/c19-14-4-2-1-3-13(14)15(27-29(20,24)25)10-26-12-7-5-11(6-8-12)9-16-17(22)21-18(23)28-16/h1-8,15-16,18,23H,9-10H2,(H,21,22)(H2,20,24,25). The molecule has 0 aromatic heterocycles. The second-order valence-corrected chi connectivity index (χ2v) is 8.71. The SMILES string of the molecule is NS(=O)(=O)OC(COc1ccc(CC2SC(O)NC2=O)cc1)c1ccccc1F. The lowest BCUT2D eigenvalue weighted by Crippen LogP contribution is -2.27. The molecule has 3 atom stereocenters. The second-order valence-electron chi connectivity index (χ2n) is 6.24. The Balaban J connectivity index is 1.65. The fourth-order valence-electron chi connectivity index (χ4n) is 2.78. The smallest absolute Gasteiger partial charge is 0.333 e. The molecule has 2 aromatic carbocycles. The van der Waals surface area contributed by atoms with Gasteiger partial charge in [0.2, 0.25) is 5.91 Å². The summed E-state index contributed by atoms with van der Waals surface area (Å²) < 4.78 is 47.0. The first-order valence-electron chi connectivity index (χ1n) is 8.52. The number of nitrogens with one attached hydrogen (secondary N) is 1. The number of nitrogens with two attached hydrogens (primary N) is 1. The zero-order valence-corrected chi connectivity index (χ0v) is 16.7. The molecule has 1 heterocycles. The first-order valence-corrected chi connectivity index (χ1v) is 10.9. The van der Waals surface area contributed by atoms with Crippen LogP contribution in [0.15, 0.2) is 48.5 Å². The zero-order valence-electron chi connectivity index (χ0n) is 15.0. The van der Waals surface area contributed by atoms with Crippen LogP contribution in [0.3, 0.4) is 0 Å². The summed E-state index contributed by atoms with van der Waals surface area (Å²) in [5, 5.41) is 16.4. The molecule has 3 rings (SSSR count). The Bertz CT molecular complexity index is 971. The van der Waals surface area contributed by atoms with Crippen LogP contribution < -0.4 is 15.2 Å². The molecule has 1 saturated heterocycles. The van der Waals surface area contributed by atoms with Gasteiger partial charge in [-0.25, -0.2) is 13.7 Å². The summed E-state index contributed by atoms with van der Waals surface area (Å²) in [6.45, 7) is -0.288. The molecule has 2 aromatic rings. The summed E-state index contributed by atoms with van der Waals surface area (Å²) in [5.41, 5.74) is -0.0456. The van der Waals surface area contributed by atoms with Crippen LogP contribution in [0.2, 0.25) is 0 Å². The van der Waals surface area contributed by atoms with Crippen molar-refractivity contribution in [1.82, 2.24) is 5.32 Å². The van der Waals surface area contributed by atoms with E-state index in [0.29, 0.717) is 12.2 Å². The van der Waals surface area contributed by atoms with Crippen LogP contribution in [0.1, 0.15) is 17.2 Å². The summed E-state index contributed by atoms with van der Waals surface area (Å²) in [5.74, 6) is -0.470. The first kappa shape index (κ1) is 21.5. The van der Waals surface area contributed by atoms with Crippen molar-refractivity contribution in [2.45, 2.75) is 23.3 Å². The highest BCUT2D eigenvalue weighted by Gasteiger charge is 2.31. The molecule has 1 amide bonds. The Hall–Kier alpha value is -2.18. The monoisotopic (exact) mass is 442 g/mol. The molecule has 0 radical (unpaired) electrons. The quantitative estimate of drug-likeness (QED) is 0.561. The number of halogens is 1. The van der Waals surface area contributed by atoms with E-state index in [1.54, 1.807) is 30.3 Å². The van der Waals surface area contributed by atoms with Crippen molar-refractivity contribution in [3.05, 3.63) is 65.5 Å². The number of hydrogen-bond donors (Lipinski definition) is 3.